The van der Waals surface area contributed by atoms with Gasteiger partial charge in [0.15, 0.2) is 0 Å². The Labute approximate surface area is 120 Å². The molecule has 0 amide bonds. The van der Waals surface area contributed by atoms with Gasteiger partial charge in [0.2, 0.25) is 0 Å². The van der Waals surface area contributed by atoms with Gasteiger partial charge in [-0.05, 0) is 63.3 Å². The summed E-state index contributed by atoms with van der Waals surface area (Å²) in [6, 6.07) is 6.51. The lowest BCUT2D eigenvalue weighted by molar-refractivity contribution is -0.158. The summed E-state index contributed by atoms with van der Waals surface area (Å²) in [5.74, 6) is -0.0566. The molecule has 3 nitrogen and oxygen atoms in total. The molecule has 1 saturated carbocycles. The van der Waals surface area contributed by atoms with Crippen LogP contribution >= 0.6 is 0 Å². The van der Waals surface area contributed by atoms with E-state index in [1.165, 1.54) is 11.1 Å². The fraction of sp³-hybridized carbons (Fsp3) is 0.588. The molecule has 3 heteroatoms. The van der Waals surface area contributed by atoms with Gasteiger partial charge in [0, 0.05) is 6.54 Å². The van der Waals surface area contributed by atoms with Crippen molar-refractivity contribution in [1.82, 2.24) is 5.32 Å². The van der Waals surface area contributed by atoms with Crippen molar-refractivity contribution < 1.29 is 9.53 Å². The molecule has 0 radical (unpaired) electrons. The highest BCUT2D eigenvalue weighted by Gasteiger charge is 2.53. The molecule has 2 aliphatic rings. The van der Waals surface area contributed by atoms with Crippen LogP contribution in [0.25, 0.3) is 0 Å². The second-order valence-corrected chi connectivity index (χ2v) is 6.99. The Morgan fingerprint density at radius 2 is 2.00 bits per heavy atom. The van der Waals surface area contributed by atoms with Crippen molar-refractivity contribution >= 4 is 5.97 Å². The van der Waals surface area contributed by atoms with Crippen LogP contribution in [-0.4, -0.2) is 18.1 Å². The summed E-state index contributed by atoms with van der Waals surface area (Å²) in [6.07, 6.45) is 2.88. The lowest BCUT2D eigenvalue weighted by atomic mass is 9.90. The number of hydrogen-bond donors (Lipinski definition) is 1. The largest absolute Gasteiger partial charge is 0.459 e. The van der Waals surface area contributed by atoms with E-state index in [-0.39, 0.29) is 11.4 Å². The molecule has 0 aromatic heterocycles. The molecule has 108 valence electrons. The van der Waals surface area contributed by atoms with Gasteiger partial charge in [-0.1, -0.05) is 18.2 Å². The minimum absolute atomic E-state index is 0.0566. The van der Waals surface area contributed by atoms with E-state index in [0.717, 1.165) is 37.9 Å². The predicted octanol–water partition coefficient (Wildman–Crippen LogP) is 2.71. The number of carbonyl (C=O) groups excluding carboxylic acids is 1. The maximum Gasteiger partial charge on any atom is 0.317 e. The van der Waals surface area contributed by atoms with Crippen LogP contribution in [0.4, 0.5) is 0 Å². The Balaban J connectivity index is 1.87. The standard InChI is InChI=1S/C17H23NO2/c1-16(2,3)20-15(19)17(7-8-17)14-5-4-13-11-18-9-6-12(13)10-14/h4-5,10,18H,6-9,11H2,1-3H3. The summed E-state index contributed by atoms with van der Waals surface area (Å²) in [7, 11) is 0. The molecule has 0 spiro atoms. The fourth-order valence-electron chi connectivity index (χ4n) is 2.89. The molecule has 1 aromatic rings. The summed E-state index contributed by atoms with van der Waals surface area (Å²) < 4.78 is 5.61. The van der Waals surface area contributed by atoms with Crippen LogP contribution in [0.3, 0.4) is 0 Å². The maximum atomic E-state index is 12.5. The molecule has 0 unspecified atom stereocenters. The predicted molar refractivity (Wildman–Crippen MR) is 78.6 cm³/mol. The van der Waals surface area contributed by atoms with Crippen LogP contribution in [-0.2, 0) is 27.9 Å². The van der Waals surface area contributed by atoms with Gasteiger partial charge in [0.25, 0.3) is 0 Å². The first-order valence-corrected chi connectivity index (χ1v) is 7.47. The number of benzene rings is 1. The third-order valence-electron chi connectivity index (χ3n) is 4.19. The topological polar surface area (TPSA) is 38.3 Å². The van der Waals surface area contributed by atoms with Crippen LogP contribution in [0.2, 0.25) is 0 Å². The lowest BCUT2D eigenvalue weighted by Gasteiger charge is -2.25. The van der Waals surface area contributed by atoms with Crippen LogP contribution in [0.15, 0.2) is 18.2 Å². The van der Waals surface area contributed by atoms with E-state index < -0.39 is 5.60 Å². The molecule has 1 fully saturated rings. The van der Waals surface area contributed by atoms with E-state index in [1.54, 1.807) is 0 Å². The smallest absolute Gasteiger partial charge is 0.317 e. The molecular weight excluding hydrogens is 250 g/mol. The van der Waals surface area contributed by atoms with Crippen LogP contribution in [0.1, 0.15) is 50.3 Å². The molecular formula is C17H23NO2. The molecule has 1 aliphatic carbocycles. The zero-order valence-corrected chi connectivity index (χ0v) is 12.6. The molecule has 1 heterocycles. The molecule has 1 aliphatic heterocycles. The van der Waals surface area contributed by atoms with E-state index in [2.05, 4.69) is 23.5 Å². The van der Waals surface area contributed by atoms with Crippen molar-refractivity contribution in [3.05, 3.63) is 34.9 Å². The zero-order valence-electron chi connectivity index (χ0n) is 12.6. The molecule has 1 aromatic carbocycles. The summed E-state index contributed by atoms with van der Waals surface area (Å²) >= 11 is 0. The first-order valence-electron chi connectivity index (χ1n) is 7.47. The SMILES string of the molecule is CC(C)(C)OC(=O)C1(c2ccc3c(c2)CCNC3)CC1. The van der Waals surface area contributed by atoms with Crippen LogP contribution in [0.5, 0.6) is 0 Å². The fourth-order valence-corrected chi connectivity index (χ4v) is 2.89. The Hall–Kier alpha value is -1.35. The number of ether oxygens (including phenoxy) is 1. The summed E-state index contributed by atoms with van der Waals surface area (Å²) in [5, 5.41) is 3.38. The van der Waals surface area contributed by atoms with Crippen molar-refractivity contribution in [2.24, 2.45) is 0 Å². The van der Waals surface area contributed by atoms with Crippen molar-refractivity contribution in [1.29, 1.82) is 0 Å². The molecule has 1 N–H and O–H groups in total. The van der Waals surface area contributed by atoms with Gasteiger partial charge in [-0.25, -0.2) is 0 Å². The Morgan fingerprint density at radius 1 is 1.25 bits per heavy atom. The summed E-state index contributed by atoms with van der Waals surface area (Å²) in [4.78, 5) is 12.5. The monoisotopic (exact) mass is 273 g/mol. The molecule has 0 saturated heterocycles. The first-order chi connectivity index (χ1) is 9.41. The highest BCUT2D eigenvalue weighted by molar-refractivity contribution is 5.87. The number of hydrogen-bond acceptors (Lipinski definition) is 3. The number of carbonyl (C=O) groups is 1. The van der Waals surface area contributed by atoms with Crippen molar-refractivity contribution in [2.75, 3.05) is 6.54 Å². The average molecular weight is 273 g/mol. The second kappa shape index (κ2) is 4.59. The van der Waals surface area contributed by atoms with E-state index in [4.69, 9.17) is 4.74 Å². The molecule has 3 rings (SSSR count). The Bertz CT molecular complexity index is 538. The minimum atomic E-state index is -0.412. The number of nitrogens with one attached hydrogen (secondary N) is 1. The number of fused-ring (bicyclic) bond motifs is 1. The molecule has 0 bridgehead atoms. The van der Waals surface area contributed by atoms with E-state index in [9.17, 15) is 4.79 Å². The number of rotatable bonds is 2. The van der Waals surface area contributed by atoms with Gasteiger partial charge >= 0.3 is 5.97 Å². The third kappa shape index (κ3) is 2.47. The van der Waals surface area contributed by atoms with Crippen molar-refractivity contribution in [2.45, 2.75) is 57.6 Å². The quantitative estimate of drug-likeness (QED) is 0.842. The third-order valence-corrected chi connectivity index (χ3v) is 4.19. The van der Waals surface area contributed by atoms with Crippen LogP contribution < -0.4 is 5.32 Å². The minimum Gasteiger partial charge on any atom is -0.459 e. The van der Waals surface area contributed by atoms with Gasteiger partial charge < -0.3 is 10.1 Å². The van der Waals surface area contributed by atoms with Crippen molar-refractivity contribution in [3.8, 4) is 0 Å². The van der Waals surface area contributed by atoms with Gasteiger partial charge in [0.05, 0.1) is 5.41 Å². The van der Waals surface area contributed by atoms with Gasteiger partial charge in [-0.3, -0.25) is 4.79 Å². The van der Waals surface area contributed by atoms with Crippen molar-refractivity contribution in [3.63, 3.8) is 0 Å². The van der Waals surface area contributed by atoms with E-state index in [1.807, 2.05) is 20.8 Å². The molecule has 0 atom stereocenters. The highest BCUT2D eigenvalue weighted by Crippen LogP contribution is 2.50. The second-order valence-electron chi connectivity index (χ2n) is 6.99. The van der Waals surface area contributed by atoms with Gasteiger partial charge in [-0.2, -0.15) is 0 Å². The average Bonchev–Trinajstić information content (AvgIpc) is 3.17. The molecule has 20 heavy (non-hydrogen) atoms. The zero-order chi connectivity index (χ0) is 14.4. The maximum absolute atomic E-state index is 12.5. The summed E-state index contributed by atoms with van der Waals surface area (Å²) in [6.45, 7) is 7.75. The Kier molecular flexibility index (Phi) is 3.13. The van der Waals surface area contributed by atoms with Gasteiger partial charge in [0.1, 0.15) is 5.60 Å². The van der Waals surface area contributed by atoms with E-state index in [0.29, 0.717) is 0 Å². The normalized spacial score (nSPS) is 20.1. The van der Waals surface area contributed by atoms with Gasteiger partial charge in [-0.15, -0.1) is 0 Å². The number of esters is 1. The van der Waals surface area contributed by atoms with Crippen LogP contribution in [0, 0.1) is 0 Å². The lowest BCUT2D eigenvalue weighted by Crippen LogP contribution is -2.32. The first kappa shape index (κ1) is 13.6. The van der Waals surface area contributed by atoms with E-state index >= 15 is 0 Å². The highest BCUT2D eigenvalue weighted by atomic mass is 16.6. The summed E-state index contributed by atoms with van der Waals surface area (Å²) in [5.41, 5.74) is 3.11. The Morgan fingerprint density at radius 3 is 2.65 bits per heavy atom.